The fraction of sp³-hybridized carbons (Fsp3) is 0.400. The zero-order chi connectivity index (χ0) is 19.2. The van der Waals surface area contributed by atoms with E-state index in [-0.39, 0.29) is 23.8 Å². The van der Waals surface area contributed by atoms with Gasteiger partial charge in [-0.15, -0.1) is 0 Å². The highest BCUT2D eigenvalue weighted by molar-refractivity contribution is 5.75. The minimum Gasteiger partial charge on any atom is -0.331 e. The summed E-state index contributed by atoms with van der Waals surface area (Å²) < 4.78 is 0. The largest absolute Gasteiger partial charge is 0.331 e. The van der Waals surface area contributed by atoms with Crippen LogP contribution in [0.1, 0.15) is 55.8 Å². The fourth-order valence-corrected chi connectivity index (χ4v) is 3.54. The summed E-state index contributed by atoms with van der Waals surface area (Å²) in [7, 11) is 0. The molecule has 1 aliphatic heterocycles. The Hall–Kier alpha value is -2.96. The number of amides is 2. The molecule has 0 spiro atoms. The molecular weight excluding hydrogens is 344 g/mol. The fourth-order valence-electron chi connectivity index (χ4n) is 3.54. The predicted octanol–water partition coefficient (Wildman–Crippen LogP) is 4.38. The predicted molar refractivity (Wildman–Crippen MR) is 102 cm³/mol. The van der Waals surface area contributed by atoms with Crippen LogP contribution in [0.2, 0.25) is 0 Å². The molecule has 1 N–H and O–H groups in total. The van der Waals surface area contributed by atoms with Gasteiger partial charge in [-0.2, -0.15) is 0 Å². The van der Waals surface area contributed by atoms with Crippen molar-refractivity contribution in [1.82, 2.24) is 15.2 Å². The lowest BCUT2D eigenvalue weighted by Gasteiger charge is -2.31. The third-order valence-electron chi connectivity index (χ3n) is 5.03. The van der Waals surface area contributed by atoms with E-state index in [4.69, 9.17) is 0 Å². The molecule has 1 aromatic carbocycles. The summed E-state index contributed by atoms with van der Waals surface area (Å²) in [6, 6.07) is 9.87. The molecular formula is C20H24N4O3. The molecule has 3 rings (SSSR count). The van der Waals surface area contributed by atoms with Gasteiger partial charge in [0, 0.05) is 31.1 Å². The van der Waals surface area contributed by atoms with E-state index in [1.807, 2.05) is 24.0 Å². The highest BCUT2D eigenvalue weighted by Crippen LogP contribution is 2.30. The second kappa shape index (κ2) is 8.62. The third kappa shape index (κ3) is 4.61. The van der Waals surface area contributed by atoms with Gasteiger partial charge in [0.05, 0.1) is 17.0 Å². The van der Waals surface area contributed by atoms with Crippen LogP contribution in [0, 0.1) is 10.1 Å². The molecule has 2 amide bonds. The molecule has 0 unspecified atom stereocenters. The van der Waals surface area contributed by atoms with Crippen molar-refractivity contribution < 1.29 is 9.72 Å². The normalized spacial score (nSPS) is 18.4. The Morgan fingerprint density at radius 1 is 1.26 bits per heavy atom. The number of nitro benzene ring substituents is 1. The first kappa shape index (κ1) is 18.8. The quantitative estimate of drug-likeness (QED) is 0.641. The molecule has 2 atom stereocenters. The lowest BCUT2D eigenvalue weighted by Crippen LogP contribution is -2.43. The molecule has 1 aromatic heterocycles. The highest BCUT2D eigenvalue weighted by Gasteiger charge is 2.27. The van der Waals surface area contributed by atoms with Crippen molar-refractivity contribution in [2.24, 2.45) is 0 Å². The van der Waals surface area contributed by atoms with E-state index in [9.17, 15) is 14.9 Å². The van der Waals surface area contributed by atoms with Gasteiger partial charge in [0.15, 0.2) is 0 Å². The zero-order valence-electron chi connectivity index (χ0n) is 15.4. The van der Waals surface area contributed by atoms with Crippen LogP contribution in [0.4, 0.5) is 10.5 Å². The Balaban J connectivity index is 1.76. The van der Waals surface area contributed by atoms with E-state index < -0.39 is 4.92 Å². The van der Waals surface area contributed by atoms with E-state index in [0.29, 0.717) is 12.1 Å². The maximum Gasteiger partial charge on any atom is 0.318 e. The van der Waals surface area contributed by atoms with E-state index in [0.717, 1.165) is 31.2 Å². The van der Waals surface area contributed by atoms with Crippen molar-refractivity contribution >= 4 is 11.7 Å². The minimum atomic E-state index is -0.424. The van der Waals surface area contributed by atoms with Crippen molar-refractivity contribution in [3.05, 3.63) is 70.0 Å². The van der Waals surface area contributed by atoms with Crippen LogP contribution in [-0.2, 0) is 0 Å². The van der Waals surface area contributed by atoms with E-state index in [1.165, 1.54) is 12.1 Å². The molecule has 0 radical (unpaired) electrons. The SMILES string of the molecule is C[C@H](NC(=O)N1CCCCC[C@H]1c1ccncc1)c1cccc([N+](=O)[O-])c1. The smallest absolute Gasteiger partial charge is 0.318 e. The number of rotatable bonds is 4. The number of nitrogens with zero attached hydrogens (tertiary/aromatic N) is 3. The van der Waals surface area contributed by atoms with Gasteiger partial charge >= 0.3 is 6.03 Å². The molecule has 7 heteroatoms. The van der Waals surface area contributed by atoms with E-state index in [1.54, 1.807) is 24.5 Å². The number of urea groups is 1. The zero-order valence-corrected chi connectivity index (χ0v) is 15.4. The molecule has 27 heavy (non-hydrogen) atoms. The molecule has 2 heterocycles. The maximum atomic E-state index is 13.0. The topological polar surface area (TPSA) is 88.4 Å². The lowest BCUT2D eigenvalue weighted by molar-refractivity contribution is -0.384. The van der Waals surface area contributed by atoms with Crippen LogP contribution in [0.15, 0.2) is 48.8 Å². The summed E-state index contributed by atoms with van der Waals surface area (Å²) in [5, 5.41) is 14.0. The number of non-ortho nitro benzene ring substituents is 1. The molecule has 1 aliphatic rings. The first-order valence-electron chi connectivity index (χ1n) is 9.27. The van der Waals surface area contributed by atoms with Gasteiger partial charge in [0.1, 0.15) is 0 Å². The van der Waals surface area contributed by atoms with Gasteiger partial charge in [-0.3, -0.25) is 15.1 Å². The highest BCUT2D eigenvalue weighted by atomic mass is 16.6. The summed E-state index contributed by atoms with van der Waals surface area (Å²) in [5.41, 5.74) is 1.83. The van der Waals surface area contributed by atoms with E-state index in [2.05, 4.69) is 10.3 Å². The number of aromatic nitrogens is 1. The number of nitrogens with one attached hydrogen (secondary N) is 1. The average molecular weight is 368 g/mol. The first-order valence-corrected chi connectivity index (χ1v) is 9.27. The molecule has 1 fully saturated rings. The third-order valence-corrected chi connectivity index (χ3v) is 5.03. The standard InChI is InChI=1S/C20H24N4O3/c1-15(17-6-5-7-18(14-17)24(26)27)22-20(25)23-13-4-2-3-8-19(23)16-9-11-21-12-10-16/h5-7,9-12,14-15,19H,2-4,8,13H2,1H3,(H,22,25)/t15-,19-/m0/s1. The molecule has 7 nitrogen and oxygen atoms in total. The molecule has 2 aromatic rings. The lowest BCUT2D eigenvalue weighted by atomic mass is 10.0. The molecule has 0 aliphatic carbocycles. The van der Waals surface area contributed by atoms with Crippen LogP contribution in [-0.4, -0.2) is 27.4 Å². The van der Waals surface area contributed by atoms with Crippen LogP contribution in [0.3, 0.4) is 0 Å². The summed E-state index contributed by atoms with van der Waals surface area (Å²) in [4.78, 5) is 29.5. The van der Waals surface area contributed by atoms with Crippen molar-refractivity contribution in [3.8, 4) is 0 Å². The number of carbonyl (C=O) groups excluding carboxylic acids is 1. The summed E-state index contributed by atoms with van der Waals surface area (Å²) in [6.45, 7) is 2.54. The molecule has 142 valence electrons. The number of hydrogen-bond acceptors (Lipinski definition) is 4. The Bertz CT molecular complexity index is 797. The maximum absolute atomic E-state index is 13.0. The van der Waals surface area contributed by atoms with Gasteiger partial charge in [-0.1, -0.05) is 25.0 Å². The van der Waals surface area contributed by atoms with E-state index >= 15 is 0 Å². The number of likely N-dealkylation sites (tertiary alicyclic amines) is 1. The number of nitro groups is 1. The second-order valence-electron chi connectivity index (χ2n) is 6.86. The van der Waals surface area contributed by atoms with Crippen molar-refractivity contribution in [2.75, 3.05) is 6.54 Å². The Labute approximate surface area is 158 Å². The van der Waals surface area contributed by atoms with Crippen LogP contribution in [0.5, 0.6) is 0 Å². The van der Waals surface area contributed by atoms with Crippen molar-refractivity contribution in [1.29, 1.82) is 0 Å². The molecule has 0 bridgehead atoms. The molecule has 1 saturated heterocycles. The van der Waals surface area contributed by atoms with Gasteiger partial charge in [0.2, 0.25) is 0 Å². The van der Waals surface area contributed by atoms with Crippen molar-refractivity contribution in [2.45, 2.75) is 44.7 Å². The number of carbonyl (C=O) groups is 1. The Morgan fingerprint density at radius 3 is 2.78 bits per heavy atom. The summed E-state index contributed by atoms with van der Waals surface area (Å²) in [5.74, 6) is 0. The number of hydrogen-bond donors (Lipinski definition) is 1. The first-order chi connectivity index (χ1) is 13.1. The van der Waals surface area contributed by atoms with Crippen LogP contribution < -0.4 is 5.32 Å². The average Bonchev–Trinajstić information content (AvgIpc) is 2.95. The van der Waals surface area contributed by atoms with Gasteiger partial charge in [-0.05, 0) is 43.0 Å². The summed E-state index contributed by atoms with van der Waals surface area (Å²) >= 11 is 0. The number of benzene rings is 1. The van der Waals surface area contributed by atoms with Crippen LogP contribution in [0.25, 0.3) is 0 Å². The van der Waals surface area contributed by atoms with Crippen LogP contribution >= 0.6 is 0 Å². The van der Waals surface area contributed by atoms with Crippen molar-refractivity contribution in [3.63, 3.8) is 0 Å². The molecule has 0 saturated carbocycles. The Kier molecular flexibility index (Phi) is 6.01. The van der Waals surface area contributed by atoms with Gasteiger partial charge in [-0.25, -0.2) is 4.79 Å². The second-order valence-corrected chi connectivity index (χ2v) is 6.86. The monoisotopic (exact) mass is 368 g/mol. The Morgan fingerprint density at radius 2 is 2.04 bits per heavy atom. The van der Waals surface area contributed by atoms with Gasteiger partial charge in [0.25, 0.3) is 5.69 Å². The number of pyridine rings is 1. The van der Waals surface area contributed by atoms with Gasteiger partial charge < -0.3 is 10.2 Å². The summed E-state index contributed by atoms with van der Waals surface area (Å²) in [6.07, 6.45) is 7.58. The minimum absolute atomic E-state index is 0.0211.